The Hall–Kier alpha value is -2.12. The van der Waals surface area contributed by atoms with E-state index in [2.05, 4.69) is 15.1 Å². The molecule has 2 aliphatic rings. The number of aliphatic hydroxyl groups excluding tert-OH is 1. The number of benzene rings is 1. The summed E-state index contributed by atoms with van der Waals surface area (Å²) in [5.41, 5.74) is 1.81. The highest BCUT2D eigenvalue weighted by Gasteiger charge is 2.35. The summed E-state index contributed by atoms with van der Waals surface area (Å²) in [7, 11) is 0. The molecular weight excluding hydrogens is 346 g/mol. The van der Waals surface area contributed by atoms with Crippen LogP contribution in [0.4, 0.5) is 11.4 Å². The summed E-state index contributed by atoms with van der Waals surface area (Å²) in [6.45, 7) is 4.59. The van der Waals surface area contributed by atoms with Gasteiger partial charge in [0.2, 0.25) is 5.91 Å². The van der Waals surface area contributed by atoms with E-state index in [1.54, 1.807) is 0 Å². The fourth-order valence-electron chi connectivity index (χ4n) is 4.10. The van der Waals surface area contributed by atoms with Crippen molar-refractivity contribution in [1.29, 1.82) is 0 Å². The maximum atomic E-state index is 12.6. The number of anilines is 2. The number of aliphatic hydroxyl groups is 1. The monoisotopic (exact) mass is 375 g/mol. The third-order valence-electron chi connectivity index (χ3n) is 5.71. The molecule has 1 aromatic carbocycles. The molecule has 0 aromatic heterocycles. The van der Waals surface area contributed by atoms with E-state index in [1.807, 2.05) is 24.3 Å². The highest BCUT2D eigenvalue weighted by atomic mass is 16.4. The van der Waals surface area contributed by atoms with Crippen molar-refractivity contribution in [3.63, 3.8) is 0 Å². The van der Waals surface area contributed by atoms with Crippen LogP contribution in [0.3, 0.4) is 0 Å². The Kier molecular flexibility index (Phi) is 6.68. The molecule has 1 aromatic rings. The molecule has 7 nitrogen and oxygen atoms in total. The molecule has 1 amide bonds. The number of carboxylic acids is 1. The van der Waals surface area contributed by atoms with E-state index < -0.39 is 17.8 Å². The lowest BCUT2D eigenvalue weighted by molar-refractivity contribution is -0.147. The maximum Gasteiger partial charge on any atom is 0.307 e. The first-order chi connectivity index (χ1) is 13.1. The molecule has 0 radical (unpaired) electrons. The Labute approximate surface area is 160 Å². The van der Waals surface area contributed by atoms with E-state index >= 15 is 0 Å². The summed E-state index contributed by atoms with van der Waals surface area (Å²) in [4.78, 5) is 28.5. The molecule has 0 spiro atoms. The number of nitrogens with one attached hydrogen (secondary N) is 1. The van der Waals surface area contributed by atoms with Gasteiger partial charge in [-0.3, -0.25) is 14.5 Å². The van der Waals surface area contributed by atoms with Crippen LogP contribution in [0.15, 0.2) is 24.3 Å². The van der Waals surface area contributed by atoms with Gasteiger partial charge in [0.25, 0.3) is 0 Å². The molecule has 27 heavy (non-hydrogen) atoms. The van der Waals surface area contributed by atoms with Crippen LogP contribution in [-0.4, -0.2) is 66.3 Å². The average Bonchev–Trinajstić information content (AvgIpc) is 2.69. The van der Waals surface area contributed by atoms with Gasteiger partial charge in [-0.2, -0.15) is 0 Å². The molecule has 1 saturated heterocycles. The smallest absolute Gasteiger partial charge is 0.307 e. The van der Waals surface area contributed by atoms with Crippen molar-refractivity contribution < 1.29 is 19.8 Å². The minimum Gasteiger partial charge on any atom is -0.481 e. The fraction of sp³-hybridized carbons (Fsp3) is 0.600. The molecule has 1 saturated carbocycles. The minimum atomic E-state index is -0.870. The number of amides is 1. The van der Waals surface area contributed by atoms with Crippen LogP contribution in [-0.2, 0) is 9.59 Å². The van der Waals surface area contributed by atoms with Crippen LogP contribution in [0, 0.1) is 11.8 Å². The Bertz CT molecular complexity index is 641. The Morgan fingerprint density at radius 3 is 2.22 bits per heavy atom. The first-order valence-electron chi connectivity index (χ1n) is 9.80. The zero-order valence-corrected chi connectivity index (χ0v) is 15.6. The van der Waals surface area contributed by atoms with Crippen molar-refractivity contribution in [2.75, 3.05) is 49.5 Å². The van der Waals surface area contributed by atoms with E-state index in [4.69, 9.17) is 5.11 Å². The number of carbonyl (C=O) groups excluding carboxylic acids is 1. The van der Waals surface area contributed by atoms with E-state index in [1.165, 1.54) is 0 Å². The highest BCUT2D eigenvalue weighted by Crippen LogP contribution is 2.31. The number of β-amino-alcohol motifs (C(OH)–C–C–N with tert-alkyl or cyclic N) is 1. The Balaban J connectivity index is 1.56. The Morgan fingerprint density at radius 1 is 1.00 bits per heavy atom. The zero-order valence-electron chi connectivity index (χ0n) is 15.6. The standard InChI is InChI=1S/C20H29N3O4/c24-14-13-22-9-11-23(12-10-22)16-7-5-15(6-8-16)21-19(25)17-3-1-2-4-18(17)20(26)27/h5-8,17-18,24H,1-4,9-14H2,(H,21,25)(H,26,27)/t17-,18+/m1/s1. The third-order valence-corrected chi connectivity index (χ3v) is 5.71. The minimum absolute atomic E-state index is 0.188. The summed E-state index contributed by atoms with van der Waals surface area (Å²) in [5, 5.41) is 21.3. The van der Waals surface area contributed by atoms with Crippen LogP contribution in [0.25, 0.3) is 0 Å². The first kappa shape index (κ1) is 19.6. The van der Waals surface area contributed by atoms with Gasteiger partial charge in [0, 0.05) is 44.1 Å². The van der Waals surface area contributed by atoms with Crippen LogP contribution in [0.5, 0.6) is 0 Å². The third kappa shape index (κ3) is 4.99. The lowest BCUT2D eigenvalue weighted by Gasteiger charge is -2.35. The summed E-state index contributed by atoms with van der Waals surface area (Å²) in [6.07, 6.45) is 3.00. The maximum absolute atomic E-state index is 12.6. The van der Waals surface area contributed by atoms with Gasteiger partial charge in [-0.15, -0.1) is 0 Å². The fourth-order valence-corrected chi connectivity index (χ4v) is 4.10. The number of aliphatic carboxylic acids is 1. The van der Waals surface area contributed by atoms with E-state index in [-0.39, 0.29) is 12.5 Å². The number of hydrogen-bond acceptors (Lipinski definition) is 5. The number of carbonyl (C=O) groups is 2. The highest BCUT2D eigenvalue weighted by molar-refractivity contribution is 5.95. The lowest BCUT2D eigenvalue weighted by Crippen LogP contribution is -2.47. The largest absolute Gasteiger partial charge is 0.481 e. The summed E-state index contributed by atoms with van der Waals surface area (Å²) in [6, 6.07) is 7.75. The van der Waals surface area contributed by atoms with Crippen LogP contribution < -0.4 is 10.2 Å². The molecule has 148 valence electrons. The molecule has 2 fully saturated rings. The topological polar surface area (TPSA) is 93.1 Å². The Morgan fingerprint density at radius 2 is 1.63 bits per heavy atom. The van der Waals surface area contributed by atoms with Gasteiger partial charge in [-0.05, 0) is 37.1 Å². The van der Waals surface area contributed by atoms with E-state index in [0.29, 0.717) is 18.5 Å². The van der Waals surface area contributed by atoms with Crippen molar-refractivity contribution in [2.45, 2.75) is 25.7 Å². The van der Waals surface area contributed by atoms with Gasteiger partial charge in [-0.25, -0.2) is 0 Å². The van der Waals surface area contributed by atoms with Crippen LogP contribution in [0.2, 0.25) is 0 Å². The SMILES string of the molecule is O=C(O)[C@H]1CCCC[C@H]1C(=O)Nc1ccc(N2CCN(CCO)CC2)cc1. The number of hydrogen-bond donors (Lipinski definition) is 3. The number of rotatable bonds is 6. The second-order valence-electron chi connectivity index (χ2n) is 7.42. The molecule has 1 aliphatic carbocycles. The second kappa shape index (κ2) is 9.19. The summed E-state index contributed by atoms with van der Waals surface area (Å²) >= 11 is 0. The van der Waals surface area contributed by atoms with Crippen molar-refractivity contribution in [1.82, 2.24) is 4.90 Å². The normalized spacial score (nSPS) is 23.8. The number of carboxylic acid groups (broad SMARTS) is 1. The predicted molar refractivity (Wildman–Crippen MR) is 104 cm³/mol. The van der Waals surface area contributed by atoms with Gasteiger partial charge in [0.05, 0.1) is 18.4 Å². The van der Waals surface area contributed by atoms with Gasteiger partial charge < -0.3 is 20.4 Å². The first-order valence-corrected chi connectivity index (χ1v) is 9.80. The lowest BCUT2D eigenvalue weighted by atomic mass is 9.78. The number of nitrogens with zero attached hydrogens (tertiary/aromatic N) is 2. The molecule has 0 unspecified atom stereocenters. The van der Waals surface area contributed by atoms with Gasteiger partial charge in [-0.1, -0.05) is 12.8 Å². The van der Waals surface area contributed by atoms with Gasteiger partial charge in [0.15, 0.2) is 0 Å². The number of piperazine rings is 1. The van der Waals surface area contributed by atoms with Crippen molar-refractivity contribution in [2.24, 2.45) is 11.8 Å². The van der Waals surface area contributed by atoms with Crippen molar-refractivity contribution in [3.8, 4) is 0 Å². The molecule has 7 heteroatoms. The van der Waals surface area contributed by atoms with Crippen molar-refractivity contribution >= 4 is 23.3 Å². The van der Waals surface area contributed by atoms with Crippen LogP contribution >= 0.6 is 0 Å². The average molecular weight is 375 g/mol. The molecule has 3 rings (SSSR count). The summed E-state index contributed by atoms with van der Waals surface area (Å²) < 4.78 is 0. The molecule has 2 atom stereocenters. The quantitative estimate of drug-likeness (QED) is 0.700. The van der Waals surface area contributed by atoms with Crippen molar-refractivity contribution in [3.05, 3.63) is 24.3 Å². The molecule has 0 bridgehead atoms. The molecule has 3 N–H and O–H groups in total. The predicted octanol–water partition coefficient (Wildman–Crippen LogP) is 1.63. The van der Waals surface area contributed by atoms with Gasteiger partial charge >= 0.3 is 5.97 Å². The molecule has 1 heterocycles. The van der Waals surface area contributed by atoms with E-state index in [0.717, 1.165) is 51.3 Å². The van der Waals surface area contributed by atoms with Crippen LogP contribution in [0.1, 0.15) is 25.7 Å². The molecular formula is C20H29N3O4. The second-order valence-corrected chi connectivity index (χ2v) is 7.42. The van der Waals surface area contributed by atoms with Gasteiger partial charge in [0.1, 0.15) is 0 Å². The molecule has 1 aliphatic heterocycles. The van der Waals surface area contributed by atoms with E-state index in [9.17, 15) is 14.7 Å². The summed E-state index contributed by atoms with van der Waals surface area (Å²) in [5.74, 6) is -2.08. The zero-order chi connectivity index (χ0) is 19.2.